The molecule has 0 aliphatic rings. The molecule has 2 heterocycles. The van der Waals surface area contributed by atoms with Crippen LogP contribution in [0.1, 0.15) is 5.56 Å². The van der Waals surface area contributed by atoms with Gasteiger partial charge in [0.2, 0.25) is 15.9 Å². The Balaban J connectivity index is 1.96. The summed E-state index contributed by atoms with van der Waals surface area (Å²) in [7, 11) is -2.08. The molecule has 0 aliphatic heterocycles. The van der Waals surface area contributed by atoms with Crippen LogP contribution in [0.3, 0.4) is 0 Å². The number of aromatic nitrogens is 3. The number of ether oxygens (including phenoxy) is 1. The number of pyridine rings is 1. The lowest BCUT2D eigenvalue weighted by Crippen LogP contribution is -2.27. The van der Waals surface area contributed by atoms with Gasteiger partial charge in [-0.1, -0.05) is 0 Å². The van der Waals surface area contributed by atoms with Crippen LogP contribution < -0.4 is 9.46 Å². The minimum absolute atomic E-state index is 0.106. The third kappa shape index (κ3) is 3.55. The van der Waals surface area contributed by atoms with Gasteiger partial charge in [0.1, 0.15) is 4.90 Å². The van der Waals surface area contributed by atoms with Crippen LogP contribution in [0, 0.1) is 6.92 Å². The largest absolute Gasteiger partial charge is 0.481 e. The standard InChI is InChI=1S/C12H16N4O3S/c1-10-7-14-16(9-10)6-5-15-20(17,18)11-3-4-12(19-2)13-8-11/h3-4,7-9,15H,5-6H2,1-2H3. The van der Waals surface area contributed by atoms with Gasteiger partial charge < -0.3 is 4.74 Å². The van der Waals surface area contributed by atoms with Crippen LogP contribution in [-0.4, -0.2) is 36.8 Å². The van der Waals surface area contributed by atoms with Crippen LogP contribution in [0.15, 0.2) is 35.6 Å². The fourth-order valence-electron chi connectivity index (χ4n) is 1.61. The monoisotopic (exact) mass is 296 g/mol. The van der Waals surface area contributed by atoms with Gasteiger partial charge in [0.05, 0.1) is 26.0 Å². The van der Waals surface area contributed by atoms with E-state index in [0.29, 0.717) is 12.4 Å². The van der Waals surface area contributed by atoms with E-state index in [4.69, 9.17) is 4.74 Å². The normalized spacial score (nSPS) is 11.5. The Labute approximate surface area is 117 Å². The molecular weight excluding hydrogens is 280 g/mol. The summed E-state index contributed by atoms with van der Waals surface area (Å²) >= 11 is 0. The molecule has 0 saturated heterocycles. The molecule has 7 nitrogen and oxygen atoms in total. The molecule has 2 rings (SSSR count). The van der Waals surface area contributed by atoms with Gasteiger partial charge in [-0.2, -0.15) is 5.10 Å². The van der Waals surface area contributed by atoms with Crippen LogP contribution in [0.4, 0.5) is 0 Å². The molecule has 20 heavy (non-hydrogen) atoms. The van der Waals surface area contributed by atoms with Crippen molar-refractivity contribution in [2.24, 2.45) is 0 Å². The average molecular weight is 296 g/mol. The summed E-state index contributed by atoms with van der Waals surface area (Å²) in [6.07, 6.45) is 4.84. The Morgan fingerprint density at radius 2 is 2.15 bits per heavy atom. The summed E-state index contributed by atoms with van der Waals surface area (Å²) in [4.78, 5) is 3.98. The summed E-state index contributed by atoms with van der Waals surface area (Å²) in [5, 5.41) is 4.08. The number of rotatable bonds is 6. The van der Waals surface area contributed by atoms with Crippen molar-refractivity contribution in [2.45, 2.75) is 18.4 Å². The second kappa shape index (κ2) is 6.02. The first kappa shape index (κ1) is 14.5. The summed E-state index contributed by atoms with van der Waals surface area (Å²) < 4.78 is 33.1. The zero-order valence-corrected chi connectivity index (χ0v) is 12.1. The van der Waals surface area contributed by atoms with Crippen molar-refractivity contribution in [3.63, 3.8) is 0 Å². The van der Waals surface area contributed by atoms with Gasteiger partial charge in [0.25, 0.3) is 0 Å². The van der Waals surface area contributed by atoms with Crippen molar-refractivity contribution in [1.82, 2.24) is 19.5 Å². The lowest BCUT2D eigenvalue weighted by molar-refractivity contribution is 0.397. The molecule has 1 N–H and O–H groups in total. The third-order valence-corrected chi connectivity index (χ3v) is 4.07. The molecule has 0 unspecified atom stereocenters. The smallest absolute Gasteiger partial charge is 0.242 e. The minimum Gasteiger partial charge on any atom is -0.481 e. The summed E-state index contributed by atoms with van der Waals surface area (Å²) in [6, 6.07) is 2.96. The predicted molar refractivity (Wildman–Crippen MR) is 72.9 cm³/mol. The molecule has 0 spiro atoms. The highest BCUT2D eigenvalue weighted by atomic mass is 32.2. The summed E-state index contributed by atoms with van der Waals surface area (Å²) in [5.41, 5.74) is 1.03. The lowest BCUT2D eigenvalue weighted by atomic mass is 10.4. The molecule has 0 radical (unpaired) electrons. The fraction of sp³-hybridized carbons (Fsp3) is 0.333. The zero-order chi connectivity index (χ0) is 14.6. The second-order valence-electron chi connectivity index (χ2n) is 4.21. The molecular formula is C12H16N4O3S. The van der Waals surface area contributed by atoms with Gasteiger partial charge in [-0.15, -0.1) is 0 Å². The SMILES string of the molecule is COc1ccc(S(=O)(=O)NCCn2cc(C)cn2)cn1. The van der Waals surface area contributed by atoms with E-state index in [-0.39, 0.29) is 11.4 Å². The van der Waals surface area contributed by atoms with Crippen LogP contribution >= 0.6 is 0 Å². The Morgan fingerprint density at radius 3 is 2.70 bits per heavy atom. The first-order valence-electron chi connectivity index (χ1n) is 6.00. The summed E-state index contributed by atoms with van der Waals surface area (Å²) in [5.74, 6) is 0.371. The maximum absolute atomic E-state index is 12.0. The second-order valence-corrected chi connectivity index (χ2v) is 5.98. The van der Waals surface area contributed by atoms with Crippen LogP contribution in [0.25, 0.3) is 0 Å². The van der Waals surface area contributed by atoms with E-state index in [1.165, 1.54) is 25.4 Å². The highest BCUT2D eigenvalue weighted by molar-refractivity contribution is 7.89. The molecule has 8 heteroatoms. The Morgan fingerprint density at radius 1 is 1.35 bits per heavy atom. The molecule has 2 aromatic rings. The number of hydrogen-bond donors (Lipinski definition) is 1. The topological polar surface area (TPSA) is 86.1 Å². The maximum Gasteiger partial charge on any atom is 0.242 e. The number of aryl methyl sites for hydroxylation is 1. The van der Waals surface area contributed by atoms with E-state index in [2.05, 4.69) is 14.8 Å². The highest BCUT2D eigenvalue weighted by Gasteiger charge is 2.13. The van der Waals surface area contributed by atoms with Gasteiger partial charge in [-0.3, -0.25) is 4.68 Å². The highest BCUT2D eigenvalue weighted by Crippen LogP contribution is 2.11. The molecule has 0 aromatic carbocycles. The molecule has 0 saturated carbocycles. The van der Waals surface area contributed by atoms with Crippen LogP contribution in [-0.2, 0) is 16.6 Å². The Bertz CT molecular complexity index is 664. The minimum atomic E-state index is -3.56. The van der Waals surface area contributed by atoms with Gasteiger partial charge >= 0.3 is 0 Å². The number of sulfonamides is 1. The van der Waals surface area contributed by atoms with E-state index in [1.807, 2.05) is 13.1 Å². The van der Waals surface area contributed by atoms with Crippen molar-refractivity contribution in [1.29, 1.82) is 0 Å². The predicted octanol–water partition coefficient (Wildman–Crippen LogP) is 0.574. The van der Waals surface area contributed by atoms with E-state index in [1.54, 1.807) is 10.9 Å². The Kier molecular flexibility index (Phi) is 4.35. The molecule has 2 aromatic heterocycles. The Hall–Kier alpha value is -1.93. The van der Waals surface area contributed by atoms with Crippen molar-refractivity contribution in [2.75, 3.05) is 13.7 Å². The van der Waals surface area contributed by atoms with Gasteiger partial charge in [0.15, 0.2) is 0 Å². The lowest BCUT2D eigenvalue weighted by Gasteiger charge is -2.07. The van der Waals surface area contributed by atoms with E-state index in [9.17, 15) is 8.42 Å². The molecule has 108 valence electrons. The molecule has 0 bridgehead atoms. The number of hydrogen-bond acceptors (Lipinski definition) is 5. The van der Waals surface area contributed by atoms with Gasteiger partial charge in [-0.05, 0) is 18.6 Å². The van der Waals surface area contributed by atoms with Crippen LogP contribution in [0.5, 0.6) is 5.88 Å². The number of methoxy groups -OCH3 is 1. The molecule has 0 fully saturated rings. The molecule has 0 atom stereocenters. The molecule has 0 aliphatic carbocycles. The van der Waals surface area contributed by atoms with Crippen molar-refractivity contribution in [3.8, 4) is 5.88 Å². The van der Waals surface area contributed by atoms with Gasteiger partial charge in [0, 0.05) is 18.8 Å². The first-order chi connectivity index (χ1) is 9.51. The maximum atomic E-state index is 12.0. The van der Waals surface area contributed by atoms with Crippen molar-refractivity contribution >= 4 is 10.0 Å². The fourth-order valence-corrected chi connectivity index (χ4v) is 2.58. The van der Waals surface area contributed by atoms with Crippen molar-refractivity contribution < 1.29 is 13.2 Å². The van der Waals surface area contributed by atoms with Crippen LogP contribution in [0.2, 0.25) is 0 Å². The zero-order valence-electron chi connectivity index (χ0n) is 11.3. The third-order valence-electron chi connectivity index (χ3n) is 2.62. The van der Waals surface area contributed by atoms with E-state index < -0.39 is 10.0 Å². The first-order valence-corrected chi connectivity index (χ1v) is 7.48. The van der Waals surface area contributed by atoms with E-state index >= 15 is 0 Å². The number of nitrogens with zero attached hydrogens (tertiary/aromatic N) is 3. The van der Waals surface area contributed by atoms with Crippen molar-refractivity contribution in [3.05, 3.63) is 36.3 Å². The summed E-state index contributed by atoms with van der Waals surface area (Å²) in [6.45, 7) is 2.66. The van der Waals surface area contributed by atoms with E-state index in [0.717, 1.165) is 5.56 Å². The quantitative estimate of drug-likeness (QED) is 0.842. The molecule has 0 amide bonds. The number of nitrogens with one attached hydrogen (secondary N) is 1. The average Bonchev–Trinajstić information content (AvgIpc) is 2.84. The van der Waals surface area contributed by atoms with Gasteiger partial charge in [-0.25, -0.2) is 18.1 Å².